The van der Waals surface area contributed by atoms with E-state index in [1.807, 2.05) is 17.1 Å². The maximum absolute atomic E-state index is 5.62. The molecule has 0 saturated heterocycles. The van der Waals surface area contributed by atoms with Gasteiger partial charge in [0.15, 0.2) is 0 Å². The van der Waals surface area contributed by atoms with Crippen molar-refractivity contribution in [1.29, 1.82) is 0 Å². The quantitative estimate of drug-likeness (QED) is 0.638. The molecule has 3 heteroatoms. The number of rotatable bonds is 4. The van der Waals surface area contributed by atoms with Crippen LogP contribution in [0, 0.1) is 0 Å². The molecular formula is C8H13ClN2. The molecule has 0 aliphatic heterocycles. The number of aromatic nitrogens is 2. The molecule has 0 N–H and O–H groups in total. The lowest BCUT2D eigenvalue weighted by Gasteiger charge is -1.96. The molecule has 1 aromatic rings. The second-order valence-electron chi connectivity index (χ2n) is 2.60. The van der Waals surface area contributed by atoms with Gasteiger partial charge in [0, 0.05) is 18.3 Å². The van der Waals surface area contributed by atoms with E-state index in [9.17, 15) is 0 Å². The van der Waals surface area contributed by atoms with Crippen LogP contribution in [0.25, 0.3) is 0 Å². The molecule has 0 amide bonds. The van der Waals surface area contributed by atoms with Gasteiger partial charge in [-0.05, 0) is 6.42 Å². The van der Waals surface area contributed by atoms with E-state index in [0.717, 1.165) is 12.1 Å². The van der Waals surface area contributed by atoms with Crippen molar-refractivity contribution in [2.45, 2.75) is 32.2 Å². The van der Waals surface area contributed by atoms with Crippen LogP contribution >= 0.6 is 11.6 Å². The zero-order chi connectivity index (χ0) is 8.10. The number of hydrogen-bond acceptors (Lipinski definition) is 1. The van der Waals surface area contributed by atoms with Gasteiger partial charge in [0.1, 0.15) is 0 Å². The Morgan fingerprint density at radius 2 is 2.45 bits per heavy atom. The van der Waals surface area contributed by atoms with Gasteiger partial charge < -0.3 is 0 Å². The zero-order valence-electron chi connectivity index (χ0n) is 6.76. The van der Waals surface area contributed by atoms with Crippen LogP contribution in [0.2, 0.25) is 0 Å². The van der Waals surface area contributed by atoms with Crippen LogP contribution in [0.1, 0.15) is 25.3 Å². The Hall–Kier alpha value is -0.500. The molecular weight excluding hydrogens is 160 g/mol. The summed E-state index contributed by atoms with van der Waals surface area (Å²) >= 11 is 5.62. The van der Waals surface area contributed by atoms with Crippen LogP contribution < -0.4 is 0 Å². The van der Waals surface area contributed by atoms with Gasteiger partial charge in [-0.15, -0.1) is 11.6 Å². The van der Waals surface area contributed by atoms with E-state index in [2.05, 4.69) is 12.0 Å². The van der Waals surface area contributed by atoms with E-state index in [-0.39, 0.29) is 0 Å². The van der Waals surface area contributed by atoms with Crippen molar-refractivity contribution >= 4 is 11.6 Å². The summed E-state index contributed by atoms with van der Waals surface area (Å²) in [5.41, 5.74) is 1.10. The van der Waals surface area contributed by atoms with E-state index >= 15 is 0 Å². The van der Waals surface area contributed by atoms with Crippen LogP contribution in [0.4, 0.5) is 0 Å². The van der Waals surface area contributed by atoms with Crippen LogP contribution in [0.3, 0.4) is 0 Å². The Balaban J connectivity index is 2.44. The number of hydrogen-bond donors (Lipinski definition) is 0. The highest BCUT2D eigenvalue weighted by atomic mass is 35.5. The minimum Gasteiger partial charge on any atom is -0.272 e. The Labute approximate surface area is 72.2 Å². The van der Waals surface area contributed by atoms with Crippen molar-refractivity contribution in [2.75, 3.05) is 0 Å². The Morgan fingerprint density at radius 1 is 1.64 bits per heavy atom. The third-order valence-corrected chi connectivity index (χ3v) is 1.89. The molecule has 0 radical (unpaired) electrons. The Kier molecular flexibility index (Phi) is 3.43. The largest absolute Gasteiger partial charge is 0.272 e. The normalized spacial score (nSPS) is 10.4. The molecule has 1 heterocycles. The lowest BCUT2D eigenvalue weighted by Crippen LogP contribution is -1.96. The van der Waals surface area contributed by atoms with Crippen molar-refractivity contribution in [2.24, 2.45) is 0 Å². The third-order valence-electron chi connectivity index (χ3n) is 1.58. The van der Waals surface area contributed by atoms with Crippen LogP contribution in [-0.2, 0) is 12.4 Å². The minimum absolute atomic E-state index is 0.562. The maximum atomic E-state index is 5.62. The lowest BCUT2D eigenvalue weighted by molar-refractivity contribution is 0.571. The number of aryl methyl sites for hydroxylation is 1. The summed E-state index contributed by atoms with van der Waals surface area (Å²) in [6.07, 6.45) is 6.21. The molecule has 0 atom stereocenters. The lowest BCUT2D eigenvalue weighted by atomic mass is 10.3. The summed E-state index contributed by atoms with van der Waals surface area (Å²) in [5, 5.41) is 4.16. The Morgan fingerprint density at radius 3 is 3.00 bits per heavy atom. The maximum Gasteiger partial charge on any atom is 0.0533 e. The van der Waals surface area contributed by atoms with E-state index in [1.165, 1.54) is 12.8 Å². The predicted molar refractivity (Wildman–Crippen MR) is 46.7 cm³/mol. The standard InChI is InChI=1S/C8H13ClN2/c1-2-3-4-11-7-8(5-9)6-10-11/h6-7H,2-5H2,1H3. The smallest absolute Gasteiger partial charge is 0.0533 e. The summed E-state index contributed by atoms with van der Waals surface area (Å²) in [4.78, 5) is 0. The summed E-state index contributed by atoms with van der Waals surface area (Å²) < 4.78 is 1.95. The summed E-state index contributed by atoms with van der Waals surface area (Å²) in [5.74, 6) is 0.562. The van der Waals surface area contributed by atoms with Gasteiger partial charge in [-0.1, -0.05) is 13.3 Å². The van der Waals surface area contributed by atoms with E-state index in [4.69, 9.17) is 11.6 Å². The SMILES string of the molecule is CCCCn1cc(CCl)cn1. The molecule has 1 aromatic heterocycles. The molecule has 0 unspecified atom stereocenters. The number of alkyl halides is 1. The number of unbranched alkanes of at least 4 members (excludes halogenated alkanes) is 1. The molecule has 0 aliphatic rings. The molecule has 2 nitrogen and oxygen atoms in total. The van der Waals surface area contributed by atoms with Crippen LogP contribution in [0.15, 0.2) is 12.4 Å². The minimum atomic E-state index is 0.562. The van der Waals surface area contributed by atoms with Crippen LogP contribution in [-0.4, -0.2) is 9.78 Å². The highest BCUT2D eigenvalue weighted by Crippen LogP contribution is 2.02. The molecule has 0 bridgehead atoms. The summed E-state index contributed by atoms with van der Waals surface area (Å²) in [6.45, 7) is 3.18. The fourth-order valence-electron chi connectivity index (χ4n) is 0.918. The average molecular weight is 173 g/mol. The summed E-state index contributed by atoms with van der Waals surface area (Å²) in [6, 6.07) is 0. The first kappa shape index (κ1) is 8.60. The first-order chi connectivity index (χ1) is 5.36. The third kappa shape index (κ3) is 2.54. The number of halogens is 1. The highest BCUT2D eigenvalue weighted by Gasteiger charge is 1.94. The molecule has 0 aromatic carbocycles. The molecule has 0 saturated carbocycles. The van der Waals surface area contributed by atoms with Gasteiger partial charge >= 0.3 is 0 Å². The van der Waals surface area contributed by atoms with Gasteiger partial charge in [0.2, 0.25) is 0 Å². The van der Waals surface area contributed by atoms with Crippen molar-refractivity contribution in [3.8, 4) is 0 Å². The second-order valence-corrected chi connectivity index (χ2v) is 2.87. The predicted octanol–water partition coefficient (Wildman–Crippen LogP) is 2.42. The molecule has 62 valence electrons. The van der Waals surface area contributed by atoms with E-state index in [1.54, 1.807) is 0 Å². The van der Waals surface area contributed by atoms with Crippen molar-refractivity contribution in [3.63, 3.8) is 0 Å². The second kappa shape index (κ2) is 4.39. The fraction of sp³-hybridized carbons (Fsp3) is 0.625. The van der Waals surface area contributed by atoms with Gasteiger partial charge in [0.05, 0.1) is 12.1 Å². The van der Waals surface area contributed by atoms with Crippen molar-refractivity contribution < 1.29 is 0 Å². The van der Waals surface area contributed by atoms with Gasteiger partial charge in [-0.2, -0.15) is 5.10 Å². The monoisotopic (exact) mass is 172 g/mol. The molecule has 1 rings (SSSR count). The average Bonchev–Trinajstić information content (AvgIpc) is 2.48. The van der Waals surface area contributed by atoms with Gasteiger partial charge in [0.25, 0.3) is 0 Å². The van der Waals surface area contributed by atoms with Gasteiger partial charge in [-0.3, -0.25) is 4.68 Å². The van der Waals surface area contributed by atoms with E-state index < -0.39 is 0 Å². The van der Waals surface area contributed by atoms with Crippen molar-refractivity contribution in [3.05, 3.63) is 18.0 Å². The topological polar surface area (TPSA) is 17.8 Å². The number of nitrogens with zero attached hydrogens (tertiary/aromatic N) is 2. The summed E-state index contributed by atoms with van der Waals surface area (Å²) in [7, 11) is 0. The van der Waals surface area contributed by atoms with Gasteiger partial charge in [-0.25, -0.2) is 0 Å². The molecule has 0 aliphatic carbocycles. The van der Waals surface area contributed by atoms with Crippen LogP contribution in [0.5, 0.6) is 0 Å². The molecule has 11 heavy (non-hydrogen) atoms. The molecule has 0 spiro atoms. The zero-order valence-corrected chi connectivity index (χ0v) is 7.51. The first-order valence-corrected chi connectivity index (χ1v) is 4.47. The van der Waals surface area contributed by atoms with Crippen molar-refractivity contribution in [1.82, 2.24) is 9.78 Å². The first-order valence-electron chi connectivity index (χ1n) is 3.94. The van der Waals surface area contributed by atoms with E-state index in [0.29, 0.717) is 5.88 Å². The fourth-order valence-corrected chi connectivity index (χ4v) is 1.06. The highest BCUT2D eigenvalue weighted by molar-refractivity contribution is 6.17. The molecule has 0 fully saturated rings. The Bertz CT molecular complexity index is 208.